The Balaban J connectivity index is 1.82. The summed E-state index contributed by atoms with van der Waals surface area (Å²) in [5.74, 6) is 0.478. The van der Waals surface area contributed by atoms with Crippen LogP contribution in [0, 0.1) is 0 Å². The molecule has 1 unspecified atom stereocenters. The average molecular weight is 490 g/mol. The maximum atomic E-state index is 13.5. The molecule has 5 nitrogen and oxygen atoms in total. The predicted molar refractivity (Wildman–Crippen MR) is 131 cm³/mol. The van der Waals surface area contributed by atoms with Gasteiger partial charge in [-0.2, -0.15) is 0 Å². The van der Waals surface area contributed by atoms with Crippen LogP contribution in [0.3, 0.4) is 0 Å². The van der Waals surface area contributed by atoms with Crippen molar-refractivity contribution < 1.29 is 4.79 Å². The van der Waals surface area contributed by atoms with Gasteiger partial charge in [0.05, 0.1) is 23.5 Å². The minimum atomic E-state index is -0.392. The first-order valence-electron chi connectivity index (χ1n) is 10.6. The molecule has 1 atom stereocenters. The van der Waals surface area contributed by atoms with Gasteiger partial charge < -0.3 is 4.90 Å². The van der Waals surface area contributed by atoms with E-state index in [0.29, 0.717) is 35.4 Å². The highest BCUT2D eigenvalue weighted by Crippen LogP contribution is 2.23. The van der Waals surface area contributed by atoms with Crippen LogP contribution in [0.15, 0.2) is 88.1 Å². The topological polar surface area (TPSA) is 55.2 Å². The number of aromatic nitrogens is 2. The van der Waals surface area contributed by atoms with E-state index in [-0.39, 0.29) is 11.5 Å². The van der Waals surface area contributed by atoms with Gasteiger partial charge in [-0.3, -0.25) is 14.2 Å². The van der Waals surface area contributed by atoms with E-state index >= 15 is 0 Å². The van der Waals surface area contributed by atoms with Crippen molar-refractivity contribution >= 4 is 32.7 Å². The molecular formula is C26H24BrN3O2. The first kappa shape index (κ1) is 22.0. The van der Waals surface area contributed by atoms with E-state index in [9.17, 15) is 9.59 Å². The summed E-state index contributed by atoms with van der Waals surface area (Å²) in [4.78, 5) is 33.4. The van der Waals surface area contributed by atoms with E-state index in [0.717, 1.165) is 10.0 Å². The first-order valence-corrected chi connectivity index (χ1v) is 11.4. The smallest absolute Gasteiger partial charge is 0.261 e. The van der Waals surface area contributed by atoms with Crippen molar-refractivity contribution in [3.63, 3.8) is 0 Å². The van der Waals surface area contributed by atoms with E-state index in [1.165, 1.54) is 0 Å². The van der Waals surface area contributed by atoms with Crippen LogP contribution in [-0.4, -0.2) is 26.9 Å². The Bertz CT molecular complexity index is 1300. The highest BCUT2D eigenvalue weighted by Gasteiger charge is 2.26. The lowest BCUT2D eigenvalue weighted by Gasteiger charge is -2.29. The summed E-state index contributed by atoms with van der Waals surface area (Å²) in [5.41, 5.74) is 2.13. The van der Waals surface area contributed by atoms with Crippen LogP contribution in [0.2, 0.25) is 0 Å². The van der Waals surface area contributed by atoms with Crippen molar-refractivity contribution in [3.05, 3.63) is 111 Å². The zero-order chi connectivity index (χ0) is 22.7. The quantitative estimate of drug-likeness (QED) is 0.362. The number of carbonyl (C=O) groups is 1. The molecule has 0 aliphatic heterocycles. The number of amides is 1. The summed E-state index contributed by atoms with van der Waals surface area (Å²) in [5, 5.41) is 0.571. The van der Waals surface area contributed by atoms with E-state index in [4.69, 9.17) is 4.98 Å². The zero-order valence-electron chi connectivity index (χ0n) is 18.0. The van der Waals surface area contributed by atoms with Gasteiger partial charge in [0.2, 0.25) is 0 Å². The van der Waals surface area contributed by atoms with E-state index < -0.39 is 6.04 Å². The molecule has 0 radical (unpaired) electrons. The first-order chi connectivity index (χ1) is 15.5. The standard InChI is InChI=1S/C26H24BrN3O2/c1-3-29(25(31)20-13-15-21(27)16-14-20)18(2)24-28-23-12-8-7-11-22(23)26(32)30(24)17-19-9-5-4-6-10-19/h4-16,18H,3,17H2,1-2H3. The number of hydrogen-bond donors (Lipinski definition) is 0. The molecule has 0 saturated heterocycles. The Morgan fingerprint density at radius 1 is 1.00 bits per heavy atom. The number of hydrogen-bond acceptors (Lipinski definition) is 3. The minimum absolute atomic E-state index is 0.0961. The van der Waals surface area contributed by atoms with Crippen molar-refractivity contribution in [2.75, 3.05) is 6.54 Å². The third-order valence-electron chi connectivity index (χ3n) is 5.61. The molecule has 0 spiro atoms. The second-order valence-corrected chi connectivity index (χ2v) is 8.55. The van der Waals surface area contributed by atoms with Gasteiger partial charge in [-0.25, -0.2) is 4.98 Å². The third-order valence-corrected chi connectivity index (χ3v) is 6.14. The summed E-state index contributed by atoms with van der Waals surface area (Å²) in [6.45, 7) is 4.75. The second kappa shape index (κ2) is 9.49. The van der Waals surface area contributed by atoms with Crippen LogP contribution < -0.4 is 5.56 Å². The van der Waals surface area contributed by atoms with Gasteiger partial charge in [0.1, 0.15) is 5.82 Å². The molecule has 6 heteroatoms. The number of fused-ring (bicyclic) bond motifs is 1. The molecule has 1 amide bonds. The summed E-state index contributed by atoms with van der Waals surface area (Å²) in [6.07, 6.45) is 0. The molecular weight excluding hydrogens is 466 g/mol. The number of benzene rings is 3. The van der Waals surface area contributed by atoms with Crippen LogP contribution in [-0.2, 0) is 6.54 Å². The molecule has 0 saturated carbocycles. The van der Waals surface area contributed by atoms with Gasteiger partial charge >= 0.3 is 0 Å². The highest BCUT2D eigenvalue weighted by molar-refractivity contribution is 9.10. The van der Waals surface area contributed by atoms with Gasteiger partial charge in [0, 0.05) is 16.6 Å². The Hall–Kier alpha value is -3.25. The van der Waals surface area contributed by atoms with E-state index in [1.54, 1.807) is 27.7 Å². The van der Waals surface area contributed by atoms with Crippen LogP contribution in [0.1, 0.15) is 41.6 Å². The lowest BCUT2D eigenvalue weighted by atomic mass is 10.1. The molecule has 32 heavy (non-hydrogen) atoms. The van der Waals surface area contributed by atoms with Gasteiger partial charge in [-0.1, -0.05) is 58.4 Å². The Morgan fingerprint density at radius 3 is 2.34 bits per heavy atom. The van der Waals surface area contributed by atoms with Crippen LogP contribution >= 0.6 is 15.9 Å². The lowest BCUT2D eigenvalue weighted by molar-refractivity contribution is 0.0691. The summed E-state index contributed by atoms with van der Waals surface area (Å²) < 4.78 is 2.61. The summed E-state index contributed by atoms with van der Waals surface area (Å²) in [7, 11) is 0. The number of nitrogens with zero attached hydrogens (tertiary/aromatic N) is 3. The fourth-order valence-corrected chi connectivity index (χ4v) is 4.18. The molecule has 4 rings (SSSR count). The third kappa shape index (κ3) is 4.36. The SMILES string of the molecule is CCN(C(=O)c1ccc(Br)cc1)C(C)c1nc2ccccc2c(=O)n1Cc1ccccc1. The molecule has 1 heterocycles. The lowest BCUT2D eigenvalue weighted by Crippen LogP contribution is -2.37. The summed E-state index contributed by atoms with van der Waals surface area (Å²) >= 11 is 3.41. The molecule has 0 aliphatic carbocycles. The Labute approximate surface area is 195 Å². The predicted octanol–water partition coefficient (Wildman–Crippen LogP) is 5.43. The van der Waals surface area contributed by atoms with Gasteiger partial charge in [0.25, 0.3) is 11.5 Å². The fourth-order valence-electron chi connectivity index (χ4n) is 3.91. The molecule has 4 aromatic rings. The summed E-state index contributed by atoms with van der Waals surface area (Å²) in [6, 6.07) is 24.1. The Morgan fingerprint density at radius 2 is 1.66 bits per heavy atom. The molecule has 162 valence electrons. The van der Waals surface area contributed by atoms with Crippen LogP contribution in [0.25, 0.3) is 10.9 Å². The second-order valence-electron chi connectivity index (χ2n) is 7.64. The molecule has 3 aromatic carbocycles. The molecule has 1 aromatic heterocycles. The highest BCUT2D eigenvalue weighted by atomic mass is 79.9. The molecule has 0 bridgehead atoms. The number of para-hydroxylation sites is 1. The van der Waals surface area contributed by atoms with Crippen molar-refractivity contribution in [2.45, 2.75) is 26.4 Å². The monoisotopic (exact) mass is 489 g/mol. The normalized spacial score (nSPS) is 12.0. The largest absolute Gasteiger partial charge is 0.329 e. The molecule has 0 aliphatic rings. The van der Waals surface area contributed by atoms with Crippen molar-refractivity contribution in [2.24, 2.45) is 0 Å². The van der Waals surface area contributed by atoms with Gasteiger partial charge in [-0.05, 0) is 55.8 Å². The van der Waals surface area contributed by atoms with Crippen LogP contribution in [0.5, 0.6) is 0 Å². The molecule has 0 fully saturated rings. The number of rotatable bonds is 6. The maximum absolute atomic E-state index is 13.5. The van der Waals surface area contributed by atoms with Crippen molar-refractivity contribution in [1.82, 2.24) is 14.5 Å². The van der Waals surface area contributed by atoms with Gasteiger partial charge in [0.15, 0.2) is 0 Å². The number of carbonyl (C=O) groups excluding carboxylic acids is 1. The van der Waals surface area contributed by atoms with E-state index in [2.05, 4.69) is 15.9 Å². The average Bonchev–Trinajstić information content (AvgIpc) is 2.82. The van der Waals surface area contributed by atoms with Crippen LogP contribution in [0.4, 0.5) is 0 Å². The van der Waals surface area contributed by atoms with E-state index in [1.807, 2.05) is 74.5 Å². The molecule has 0 N–H and O–H groups in total. The van der Waals surface area contributed by atoms with Gasteiger partial charge in [-0.15, -0.1) is 0 Å². The fraction of sp³-hybridized carbons (Fsp3) is 0.192. The van der Waals surface area contributed by atoms with Crippen molar-refractivity contribution in [1.29, 1.82) is 0 Å². The maximum Gasteiger partial charge on any atom is 0.261 e. The number of halogens is 1. The van der Waals surface area contributed by atoms with Crippen molar-refractivity contribution in [3.8, 4) is 0 Å². The Kier molecular flexibility index (Phi) is 6.51. The minimum Gasteiger partial charge on any atom is -0.329 e. The zero-order valence-corrected chi connectivity index (χ0v) is 19.6.